The van der Waals surface area contributed by atoms with Crippen LogP contribution in [0.15, 0.2) is 42.5 Å². The number of carbonyl (C=O) groups is 1. The lowest BCUT2D eigenvalue weighted by Gasteiger charge is -2.03. The first-order valence-electron chi connectivity index (χ1n) is 9.48. The van der Waals surface area contributed by atoms with Crippen LogP contribution >= 0.6 is 0 Å². The van der Waals surface area contributed by atoms with E-state index in [-0.39, 0.29) is 5.97 Å². The molecule has 0 atom stereocenters. The number of benzene rings is 1. The number of esters is 1. The molecule has 0 aliphatic carbocycles. The summed E-state index contributed by atoms with van der Waals surface area (Å²) in [6.45, 7) is 10.1. The van der Waals surface area contributed by atoms with Crippen LogP contribution in [0.5, 0.6) is 0 Å². The molecule has 0 fully saturated rings. The fraction of sp³-hybridized carbons (Fsp3) is 0.591. The molecule has 0 amide bonds. The first kappa shape index (κ1) is 22.4. The van der Waals surface area contributed by atoms with Gasteiger partial charge in [-0.05, 0) is 12.5 Å². The number of rotatable bonds is 11. The Balaban J connectivity index is 0.000000470. The summed E-state index contributed by atoms with van der Waals surface area (Å²) in [7, 11) is 0. The summed E-state index contributed by atoms with van der Waals surface area (Å²) >= 11 is 0. The lowest BCUT2D eigenvalue weighted by molar-refractivity contribution is -0.138. The van der Waals surface area contributed by atoms with Crippen molar-refractivity contribution in [1.29, 1.82) is 0 Å². The van der Waals surface area contributed by atoms with Gasteiger partial charge < -0.3 is 4.74 Å². The van der Waals surface area contributed by atoms with E-state index in [4.69, 9.17) is 4.74 Å². The molecule has 0 heterocycles. The van der Waals surface area contributed by atoms with Crippen LogP contribution in [0.2, 0.25) is 0 Å². The highest BCUT2D eigenvalue weighted by Crippen LogP contribution is 2.07. The second-order valence-electron chi connectivity index (χ2n) is 6.27. The van der Waals surface area contributed by atoms with E-state index in [1.54, 1.807) is 6.92 Å². The van der Waals surface area contributed by atoms with Crippen molar-refractivity contribution in [3.63, 3.8) is 0 Å². The van der Waals surface area contributed by atoms with Crippen LogP contribution in [0, 0.1) is 0 Å². The van der Waals surface area contributed by atoms with Gasteiger partial charge >= 0.3 is 5.97 Å². The van der Waals surface area contributed by atoms with Gasteiger partial charge in [-0.2, -0.15) is 0 Å². The Morgan fingerprint density at radius 1 is 0.917 bits per heavy atom. The minimum absolute atomic E-state index is 0.319. The molecule has 0 aromatic heterocycles. The van der Waals surface area contributed by atoms with Gasteiger partial charge in [-0.15, -0.1) is 0 Å². The zero-order chi connectivity index (χ0) is 18.0. The molecule has 1 aromatic carbocycles. The van der Waals surface area contributed by atoms with E-state index in [1.807, 2.05) is 30.3 Å². The average Bonchev–Trinajstić information content (AvgIpc) is 2.59. The van der Waals surface area contributed by atoms with Gasteiger partial charge in [-0.1, -0.05) is 102 Å². The molecule has 1 aromatic rings. The van der Waals surface area contributed by atoms with Crippen molar-refractivity contribution < 1.29 is 9.53 Å². The molecule has 2 heteroatoms. The predicted molar refractivity (Wildman–Crippen MR) is 104 cm³/mol. The third kappa shape index (κ3) is 14.0. The molecule has 0 spiro atoms. The fourth-order valence-corrected chi connectivity index (χ4v) is 2.24. The van der Waals surface area contributed by atoms with Crippen molar-refractivity contribution in [2.45, 2.75) is 78.6 Å². The first-order chi connectivity index (χ1) is 11.6. The summed E-state index contributed by atoms with van der Waals surface area (Å²) in [5, 5.41) is 0. The SMILES string of the molecule is C=C(C)C(=O)OCCc1ccccc1.CCCCCCCCCC. The maximum Gasteiger partial charge on any atom is 0.333 e. The van der Waals surface area contributed by atoms with Gasteiger partial charge in [0.05, 0.1) is 6.61 Å². The average molecular weight is 333 g/mol. The van der Waals surface area contributed by atoms with Crippen LogP contribution in [0.1, 0.15) is 77.7 Å². The zero-order valence-electron chi connectivity index (χ0n) is 16.0. The molecule has 0 saturated carbocycles. The normalized spacial score (nSPS) is 9.79. The molecule has 0 N–H and O–H groups in total. The third-order valence-corrected chi connectivity index (χ3v) is 3.77. The number of ether oxygens (including phenoxy) is 1. The van der Waals surface area contributed by atoms with E-state index in [2.05, 4.69) is 20.4 Å². The minimum atomic E-state index is -0.319. The summed E-state index contributed by atoms with van der Waals surface area (Å²) in [4.78, 5) is 11.0. The molecule has 136 valence electrons. The van der Waals surface area contributed by atoms with Gasteiger partial charge in [0, 0.05) is 12.0 Å². The van der Waals surface area contributed by atoms with Gasteiger partial charge in [0.2, 0.25) is 0 Å². The van der Waals surface area contributed by atoms with E-state index in [0.717, 1.165) is 6.42 Å². The van der Waals surface area contributed by atoms with Crippen molar-refractivity contribution in [3.05, 3.63) is 48.0 Å². The third-order valence-electron chi connectivity index (χ3n) is 3.77. The lowest BCUT2D eigenvalue weighted by atomic mass is 10.1. The molecule has 1 rings (SSSR count). The van der Waals surface area contributed by atoms with Gasteiger partial charge in [-0.25, -0.2) is 4.79 Å². The van der Waals surface area contributed by atoms with Gasteiger partial charge in [0.15, 0.2) is 0 Å². The summed E-state index contributed by atoms with van der Waals surface area (Å²) in [6.07, 6.45) is 12.2. The standard InChI is InChI=1S/C12H14O2.C10H22/c1-10(2)12(13)14-9-8-11-6-4-3-5-7-11;1-3-5-7-9-10-8-6-4-2/h3-7H,1,8-9H2,2H3;3-10H2,1-2H3. The van der Waals surface area contributed by atoms with E-state index in [9.17, 15) is 4.79 Å². The Labute approximate surface area is 149 Å². The predicted octanol–water partition coefficient (Wildman–Crippen LogP) is 6.50. The molecule has 0 unspecified atom stereocenters. The van der Waals surface area contributed by atoms with Gasteiger partial charge in [-0.3, -0.25) is 0 Å². The minimum Gasteiger partial charge on any atom is -0.462 e. The van der Waals surface area contributed by atoms with Crippen molar-refractivity contribution in [1.82, 2.24) is 0 Å². The van der Waals surface area contributed by atoms with Crippen LogP contribution in [0.25, 0.3) is 0 Å². The van der Waals surface area contributed by atoms with Crippen LogP contribution in [-0.2, 0) is 16.0 Å². The summed E-state index contributed by atoms with van der Waals surface area (Å²) in [5.74, 6) is -0.319. The summed E-state index contributed by atoms with van der Waals surface area (Å²) in [5.41, 5.74) is 1.61. The van der Waals surface area contributed by atoms with Crippen molar-refractivity contribution in [2.75, 3.05) is 6.61 Å². The second kappa shape index (κ2) is 16.3. The molecule has 0 radical (unpaired) electrons. The van der Waals surface area contributed by atoms with Crippen LogP contribution < -0.4 is 0 Å². The number of hydrogen-bond donors (Lipinski definition) is 0. The van der Waals surface area contributed by atoms with Crippen molar-refractivity contribution >= 4 is 5.97 Å². The monoisotopic (exact) mass is 332 g/mol. The van der Waals surface area contributed by atoms with Gasteiger partial charge in [0.25, 0.3) is 0 Å². The Morgan fingerprint density at radius 2 is 1.42 bits per heavy atom. The van der Waals surface area contributed by atoms with E-state index < -0.39 is 0 Å². The summed E-state index contributed by atoms with van der Waals surface area (Å²) in [6, 6.07) is 9.92. The Kier molecular flexibility index (Phi) is 15.2. The molecule has 0 aliphatic heterocycles. The zero-order valence-corrected chi connectivity index (χ0v) is 16.0. The topological polar surface area (TPSA) is 26.3 Å². The molecule has 0 saturated heterocycles. The van der Waals surface area contributed by atoms with Crippen LogP contribution in [0.3, 0.4) is 0 Å². The Bertz CT molecular complexity index is 415. The van der Waals surface area contributed by atoms with Gasteiger partial charge in [0.1, 0.15) is 0 Å². The van der Waals surface area contributed by atoms with Crippen LogP contribution in [-0.4, -0.2) is 12.6 Å². The highest BCUT2D eigenvalue weighted by molar-refractivity contribution is 5.86. The second-order valence-corrected chi connectivity index (χ2v) is 6.27. The number of unbranched alkanes of at least 4 members (excludes halogenated alkanes) is 7. The molecular formula is C22H36O2. The number of carbonyl (C=O) groups excluding carboxylic acids is 1. The lowest BCUT2D eigenvalue weighted by Crippen LogP contribution is -2.07. The summed E-state index contributed by atoms with van der Waals surface area (Å²) < 4.78 is 4.97. The molecule has 0 aliphatic rings. The van der Waals surface area contributed by atoms with Crippen LogP contribution in [0.4, 0.5) is 0 Å². The number of hydrogen-bond acceptors (Lipinski definition) is 2. The van der Waals surface area contributed by atoms with Crippen molar-refractivity contribution in [3.8, 4) is 0 Å². The maximum absolute atomic E-state index is 11.0. The highest BCUT2D eigenvalue weighted by atomic mass is 16.5. The molecular weight excluding hydrogens is 296 g/mol. The maximum atomic E-state index is 11.0. The Hall–Kier alpha value is -1.57. The first-order valence-corrected chi connectivity index (χ1v) is 9.48. The largest absolute Gasteiger partial charge is 0.462 e. The Morgan fingerprint density at radius 3 is 1.88 bits per heavy atom. The molecule has 0 bridgehead atoms. The highest BCUT2D eigenvalue weighted by Gasteiger charge is 2.01. The van der Waals surface area contributed by atoms with E-state index in [1.165, 1.54) is 56.9 Å². The smallest absolute Gasteiger partial charge is 0.333 e. The fourth-order valence-electron chi connectivity index (χ4n) is 2.24. The molecule has 24 heavy (non-hydrogen) atoms. The van der Waals surface area contributed by atoms with E-state index >= 15 is 0 Å². The van der Waals surface area contributed by atoms with E-state index in [0.29, 0.717) is 12.2 Å². The molecule has 2 nitrogen and oxygen atoms in total. The quantitative estimate of drug-likeness (QED) is 0.263. The van der Waals surface area contributed by atoms with Crippen molar-refractivity contribution in [2.24, 2.45) is 0 Å².